The summed E-state index contributed by atoms with van der Waals surface area (Å²) in [6, 6.07) is 7.68. The Morgan fingerprint density at radius 2 is 1.96 bits per heavy atom. The molecule has 1 aliphatic rings. The number of halogens is 1. The van der Waals surface area contributed by atoms with Gasteiger partial charge in [0.2, 0.25) is 5.91 Å². The van der Waals surface area contributed by atoms with Crippen molar-refractivity contribution in [3.05, 3.63) is 53.1 Å². The molecular weight excluding hydrogens is 350 g/mol. The zero-order chi connectivity index (χ0) is 18.6. The van der Waals surface area contributed by atoms with Gasteiger partial charge in [-0.3, -0.25) is 4.79 Å². The molecule has 0 aliphatic heterocycles. The first-order valence-electron chi connectivity index (χ1n) is 9.18. The highest BCUT2D eigenvalue weighted by atomic mass is 35.5. The summed E-state index contributed by atoms with van der Waals surface area (Å²) in [7, 11) is 1.92. The molecule has 1 fully saturated rings. The Kier molecular flexibility index (Phi) is 5.99. The van der Waals surface area contributed by atoms with E-state index in [9.17, 15) is 9.90 Å². The topological polar surface area (TPSA) is 58.4 Å². The summed E-state index contributed by atoms with van der Waals surface area (Å²) in [4.78, 5) is 19.6. The summed E-state index contributed by atoms with van der Waals surface area (Å²) in [5.41, 5.74) is 1.45. The molecule has 140 valence electrons. The lowest BCUT2D eigenvalue weighted by Gasteiger charge is -2.40. The number of amides is 1. The van der Waals surface area contributed by atoms with Crippen LogP contribution in [-0.4, -0.2) is 38.6 Å². The first kappa shape index (κ1) is 18.9. The fraction of sp³-hybridized carbons (Fsp3) is 0.500. The lowest BCUT2D eigenvalue weighted by molar-refractivity contribution is -0.140. The molecule has 0 bridgehead atoms. The van der Waals surface area contributed by atoms with Crippen LogP contribution >= 0.6 is 11.6 Å². The highest BCUT2D eigenvalue weighted by Gasteiger charge is 2.43. The van der Waals surface area contributed by atoms with Crippen molar-refractivity contribution in [2.45, 2.75) is 44.1 Å². The van der Waals surface area contributed by atoms with E-state index in [4.69, 9.17) is 11.6 Å². The van der Waals surface area contributed by atoms with Crippen molar-refractivity contribution in [3.63, 3.8) is 0 Å². The molecule has 0 radical (unpaired) electrons. The predicted molar refractivity (Wildman–Crippen MR) is 102 cm³/mol. The van der Waals surface area contributed by atoms with Gasteiger partial charge in [-0.25, -0.2) is 4.98 Å². The van der Waals surface area contributed by atoms with Gasteiger partial charge in [0.15, 0.2) is 0 Å². The van der Waals surface area contributed by atoms with Crippen molar-refractivity contribution in [2.75, 3.05) is 13.2 Å². The van der Waals surface area contributed by atoms with Crippen LogP contribution in [0.5, 0.6) is 0 Å². The number of aryl methyl sites for hydroxylation is 1. The Balaban J connectivity index is 1.94. The van der Waals surface area contributed by atoms with Gasteiger partial charge in [-0.2, -0.15) is 0 Å². The van der Waals surface area contributed by atoms with Gasteiger partial charge in [0.05, 0.1) is 30.6 Å². The van der Waals surface area contributed by atoms with Crippen LogP contribution in [-0.2, 0) is 23.8 Å². The maximum atomic E-state index is 13.7. The van der Waals surface area contributed by atoms with Crippen molar-refractivity contribution in [3.8, 4) is 0 Å². The molecule has 6 heteroatoms. The minimum Gasteiger partial charge on any atom is -0.395 e. The van der Waals surface area contributed by atoms with Gasteiger partial charge in [0.1, 0.15) is 0 Å². The van der Waals surface area contributed by atoms with E-state index in [-0.39, 0.29) is 12.5 Å². The Labute approximate surface area is 159 Å². The van der Waals surface area contributed by atoms with E-state index in [1.54, 1.807) is 17.4 Å². The van der Waals surface area contributed by atoms with E-state index in [2.05, 4.69) is 4.98 Å². The van der Waals surface area contributed by atoms with E-state index >= 15 is 0 Å². The number of carbonyl (C=O) groups is 1. The van der Waals surface area contributed by atoms with Gasteiger partial charge < -0.3 is 14.6 Å². The van der Waals surface area contributed by atoms with Gasteiger partial charge in [-0.1, -0.05) is 43.0 Å². The Bertz CT molecular complexity index is 736. The van der Waals surface area contributed by atoms with Crippen LogP contribution in [0.3, 0.4) is 0 Å². The molecule has 5 nitrogen and oxygen atoms in total. The fourth-order valence-corrected chi connectivity index (χ4v) is 4.08. The summed E-state index contributed by atoms with van der Waals surface area (Å²) in [5.74, 6) is 0.0924. The monoisotopic (exact) mass is 375 g/mol. The summed E-state index contributed by atoms with van der Waals surface area (Å²) >= 11 is 6.06. The largest absolute Gasteiger partial charge is 0.395 e. The van der Waals surface area contributed by atoms with Gasteiger partial charge in [-0.15, -0.1) is 0 Å². The average molecular weight is 376 g/mol. The summed E-state index contributed by atoms with van der Waals surface area (Å²) in [6.45, 7) is 0.713. The summed E-state index contributed by atoms with van der Waals surface area (Å²) in [5, 5.41) is 10.2. The van der Waals surface area contributed by atoms with Gasteiger partial charge in [-0.05, 0) is 30.5 Å². The molecular formula is C20H26ClN3O2. The Morgan fingerprint density at radius 3 is 2.54 bits per heavy atom. The SMILES string of the molecule is Cn1cncc1CN(CCO)C(=O)C1(c2ccc(Cl)cc2)CCCCC1. The minimum atomic E-state index is -0.531. The number of hydrogen-bond donors (Lipinski definition) is 1. The second-order valence-electron chi connectivity index (χ2n) is 7.10. The lowest BCUT2D eigenvalue weighted by Crippen LogP contribution is -2.48. The number of aliphatic hydroxyl groups is 1. The Hall–Kier alpha value is -1.85. The van der Waals surface area contributed by atoms with Crippen LogP contribution < -0.4 is 0 Å². The molecule has 1 heterocycles. The molecule has 2 aromatic rings. The molecule has 26 heavy (non-hydrogen) atoms. The van der Waals surface area contributed by atoms with Crippen LogP contribution in [0.2, 0.25) is 5.02 Å². The molecule has 1 aliphatic carbocycles. The maximum Gasteiger partial charge on any atom is 0.233 e. The molecule has 1 amide bonds. The number of imidazole rings is 1. The van der Waals surface area contributed by atoms with E-state index in [1.165, 1.54) is 0 Å². The zero-order valence-electron chi connectivity index (χ0n) is 15.2. The van der Waals surface area contributed by atoms with Crippen LogP contribution in [0.4, 0.5) is 0 Å². The van der Waals surface area contributed by atoms with Crippen LogP contribution in [0, 0.1) is 0 Å². The third-order valence-corrected chi connectivity index (χ3v) is 5.69. The van der Waals surface area contributed by atoms with E-state index in [1.807, 2.05) is 35.9 Å². The number of carbonyl (C=O) groups excluding carboxylic acids is 1. The highest BCUT2D eigenvalue weighted by Crippen LogP contribution is 2.41. The number of aliphatic hydroxyl groups excluding tert-OH is 1. The van der Waals surface area contributed by atoms with Crippen LogP contribution in [0.15, 0.2) is 36.8 Å². The normalized spacial score (nSPS) is 16.4. The van der Waals surface area contributed by atoms with E-state index in [0.717, 1.165) is 43.4 Å². The molecule has 0 spiro atoms. The second kappa shape index (κ2) is 8.23. The molecule has 3 rings (SSSR count). The number of nitrogens with zero attached hydrogens (tertiary/aromatic N) is 3. The smallest absolute Gasteiger partial charge is 0.233 e. The van der Waals surface area contributed by atoms with Crippen molar-refractivity contribution in [1.82, 2.24) is 14.5 Å². The van der Waals surface area contributed by atoms with Crippen LogP contribution in [0.1, 0.15) is 43.4 Å². The molecule has 1 saturated carbocycles. The number of benzene rings is 1. The third-order valence-electron chi connectivity index (χ3n) is 5.44. The molecule has 0 atom stereocenters. The molecule has 0 saturated heterocycles. The molecule has 1 aromatic carbocycles. The van der Waals surface area contributed by atoms with Crippen molar-refractivity contribution in [2.24, 2.45) is 7.05 Å². The fourth-order valence-electron chi connectivity index (χ4n) is 3.96. The van der Waals surface area contributed by atoms with Gasteiger partial charge in [0.25, 0.3) is 0 Å². The van der Waals surface area contributed by atoms with Crippen molar-refractivity contribution in [1.29, 1.82) is 0 Å². The van der Waals surface area contributed by atoms with Crippen molar-refractivity contribution < 1.29 is 9.90 Å². The molecule has 1 N–H and O–H groups in total. The maximum absolute atomic E-state index is 13.7. The van der Waals surface area contributed by atoms with Crippen LogP contribution in [0.25, 0.3) is 0 Å². The number of rotatable bonds is 6. The quantitative estimate of drug-likeness (QED) is 0.842. The number of hydrogen-bond acceptors (Lipinski definition) is 3. The molecule has 0 unspecified atom stereocenters. The lowest BCUT2D eigenvalue weighted by atomic mass is 9.68. The third kappa shape index (κ3) is 3.79. The first-order chi connectivity index (χ1) is 12.6. The predicted octanol–water partition coefficient (Wildman–Crippen LogP) is 3.30. The second-order valence-corrected chi connectivity index (χ2v) is 7.53. The zero-order valence-corrected chi connectivity index (χ0v) is 16.0. The Morgan fingerprint density at radius 1 is 1.27 bits per heavy atom. The molecule has 1 aromatic heterocycles. The van der Waals surface area contributed by atoms with Gasteiger partial charge >= 0.3 is 0 Å². The van der Waals surface area contributed by atoms with E-state index < -0.39 is 5.41 Å². The summed E-state index contributed by atoms with van der Waals surface area (Å²) in [6.07, 6.45) is 8.39. The number of aromatic nitrogens is 2. The minimum absolute atomic E-state index is 0.0553. The highest BCUT2D eigenvalue weighted by molar-refractivity contribution is 6.30. The van der Waals surface area contributed by atoms with E-state index in [0.29, 0.717) is 18.1 Å². The standard InChI is InChI=1S/C20H26ClN3O2/c1-23-15-22-13-18(23)14-24(11-12-25)19(26)20(9-3-2-4-10-20)16-5-7-17(21)8-6-16/h5-8,13,15,25H,2-4,9-12,14H2,1H3. The van der Waals surface area contributed by atoms with Crippen molar-refractivity contribution >= 4 is 17.5 Å². The van der Waals surface area contributed by atoms with Gasteiger partial charge in [0, 0.05) is 24.8 Å². The first-order valence-corrected chi connectivity index (χ1v) is 9.56. The average Bonchev–Trinajstić information content (AvgIpc) is 3.06. The summed E-state index contributed by atoms with van der Waals surface area (Å²) < 4.78 is 1.91.